The zero-order valence-corrected chi connectivity index (χ0v) is 11.8. The zero-order chi connectivity index (χ0) is 14.8. The molecule has 0 saturated heterocycles. The van der Waals surface area contributed by atoms with Gasteiger partial charge in [0.2, 0.25) is 5.95 Å². The van der Waals surface area contributed by atoms with Crippen LogP contribution in [-0.4, -0.2) is 16.6 Å². The second-order valence-corrected chi connectivity index (χ2v) is 5.85. The van der Waals surface area contributed by atoms with Crippen LogP contribution in [0.25, 0.3) is 0 Å². The summed E-state index contributed by atoms with van der Waals surface area (Å²) < 4.78 is 26.5. The summed E-state index contributed by atoms with van der Waals surface area (Å²) in [6, 6.07) is 6.84. The number of thioether (sulfide) groups is 1. The minimum absolute atomic E-state index is 0.207. The molecule has 1 aliphatic rings. The van der Waals surface area contributed by atoms with Crippen molar-refractivity contribution in [3.05, 3.63) is 59.4 Å². The Balaban J connectivity index is 1.83. The maximum atomic E-state index is 13.4. The Labute approximate surface area is 124 Å². The first kappa shape index (κ1) is 14.0. The van der Waals surface area contributed by atoms with Crippen molar-refractivity contribution in [2.45, 2.75) is 17.4 Å². The number of hydrogen-bond donors (Lipinski definition) is 1. The molecule has 1 N–H and O–H groups in total. The molecule has 1 aromatic carbocycles. The van der Waals surface area contributed by atoms with Gasteiger partial charge in [0, 0.05) is 28.5 Å². The second kappa shape index (κ2) is 5.81. The lowest BCUT2D eigenvalue weighted by atomic mass is 10.0. The first-order valence-electron chi connectivity index (χ1n) is 6.48. The summed E-state index contributed by atoms with van der Waals surface area (Å²) in [6.07, 6.45) is 1.95. The molecule has 21 heavy (non-hydrogen) atoms. The van der Waals surface area contributed by atoms with Gasteiger partial charge >= 0.3 is 0 Å². The molecule has 0 bridgehead atoms. The highest BCUT2D eigenvalue weighted by Gasteiger charge is 2.23. The highest BCUT2D eigenvalue weighted by Crippen LogP contribution is 2.36. The number of benzene rings is 1. The second-order valence-electron chi connectivity index (χ2n) is 4.71. The molecule has 1 aliphatic heterocycles. The van der Waals surface area contributed by atoms with Gasteiger partial charge in [0.05, 0.1) is 6.04 Å². The number of carbonyl (C=O) groups excluding carboxylic acids is 1. The summed E-state index contributed by atoms with van der Waals surface area (Å²) in [7, 11) is 0. The number of rotatable bonds is 2. The number of halogens is 2. The van der Waals surface area contributed by atoms with Gasteiger partial charge in [0.1, 0.15) is 5.82 Å². The Morgan fingerprint density at radius 3 is 2.95 bits per heavy atom. The first-order chi connectivity index (χ1) is 10.1. The van der Waals surface area contributed by atoms with Gasteiger partial charge in [-0.1, -0.05) is 0 Å². The van der Waals surface area contributed by atoms with Crippen LogP contribution in [0.2, 0.25) is 0 Å². The molecule has 108 valence electrons. The van der Waals surface area contributed by atoms with Crippen LogP contribution in [0.4, 0.5) is 8.78 Å². The van der Waals surface area contributed by atoms with Gasteiger partial charge in [0.25, 0.3) is 5.91 Å². The van der Waals surface area contributed by atoms with Gasteiger partial charge in [-0.3, -0.25) is 4.79 Å². The van der Waals surface area contributed by atoms with Crippen LogP contribution in [0.15, 0.2) is 41.4 Å². The fourth-order valence-electron chi connectivity index (χ4n) is 2.30. The van der Waals surface area contributed by atoms with Crippen LogP contribution in [0.3, 0.4) is 0 Å². The van der Waals surface area contributed by atoms with Gasteiger partial charge < -0.3 is 5.32 Å². The number of carbonyl (C=O) groups is 1. The van der Waals surface area contributed by atoms with Gasteiger partial charge in [-0.05, 0) is 36.2 Å². The number of nitrogens with zero attached hydrogens (tertiary/aromatic N) is 1. The third-order valence-electron chi connectivity index (χ3n) is 3.31. The van der Waals surface area contributed by atoms with E-state index in [1.807, 2.05) is 0 Å². The van der Waals surface area contributed by atoms with E-state index in [1.54, 1.807) is 17.8 Å². The van der Waals surface area contributed by atoms with Crippen LogP contribution < -0.4 is 5.32 Å². The van der Waals surface area contributed by atoms with E-state index in [0.29, 0.717) is 6.42 Å². The predicted octanol–water partition coefficient (Wildman–Crippen LogP) is 3.33. The summed E-state index contributed by atoms with van der Waals surface area (Å²) in [6.45, 7) is 0. The van der Waals surface area contributed by atoms with E-state index in [1.165, 1.54) is 24.4 Å². The Kier molecular flexibility index (Phi) is 3.88. The number of fused-ring (bicyclic) bond motifs is 1. The third-order valence-corrected chi connectivity index (χ3v) is 4.43. The van der Waals surface area contributed by atoms with Crippen LogP contribution in [0.5, 0.6) is 0 Å². The Morgan fingerprint density at radius 2 is 2.14 bits per heavy atom. The smallest absolute Gasteiger partial charge is 0.251 e. The van der Waals surface area contributed by atoms with E-state index in [-0.39, 0.29) is 23.3 Å². The molecule has 2 aromatic rings. The number of pyridine rings is 1. The van der Waals surface area contributed by atoms with Gasteiger partial charge in [0.15, 0.2) is 0 Å². The van der Waals surface area contributed by atoms with Crippen LogP contribution >= 0.6 is 11.8 Å². The lowest BCUT2D eigenvalue weighted by Gasteiger charge is -2.26. The monoisotopic (exact) mass is 306 g/mol. The largest absolute Gasteiger partial charge is 0.345 e. The van der Waals surface area contributed by atoms with Crippen LogP contribution in [0, 0.1) is 11.8 Å². The summed E-state index contributed by atoms with van der Waals surface area (Å²) in [5.41, 5.74) is 0.979. The Bertz CT molecular complexity index is 693. The molecule has 0 radical (unpaired) electrons. The lowest BCUT2D eigenvalue weighted by molar-refractivity contribution is 0.0934. The maximum absolute atomic E-state index is 13.4. The van der Waals surface area contributed by atoms with Crippen molar-refractivity contribution in [3.8, 4) is 0 Å². The van der Waals surface area contributed by atoms with Crippen molar-refractivity contribution in [3.63, 3.8) is 0 Å². The van der Waals surface area contributed by atoms with Gasteiger partial charge in [-0.2, -0.15) is 4.39 Å². The summed E-state index contributed by atoms with van der Waals surface area (Å²) in [5.74, 6) is -0.573. The lowest BCUT2D eigenvalue weighted by Crippen LogP contribution is -2.30. The molecule has 1 aromatic heterocycles. The van der Waals surface area contributed by atoms with E-state index in [2.05, 4.69) is 10.3 Å². The number of nitrogens with one attached hydrogen (secondary N) is 1. The molecule has 1 atom stereocenters. The molecule has 1 unspecified atom stereocenters. The van der Waals surface area contributed by atoms with Crippen molar-refractivity contribution in [1.82, 2.24) is 10.3 Å². The molecule has 6 heteroatoms. The predicted molar refractivity (Wildman–Crippen MR) is 76.1 cm³/mol. The highest BCUT2D eigenvalue weighted by atomic mass is 32.2. The van der Waals surface area contributed by atoms with Crippen molar-refractivity contribution in [1.29, 1.82) is 0 Å². The van der Waals surface area contributed by atoms with E-state index >= 15 is 0 Å². The highest BCUT2D eigenvalue weighted by molar-refractivity contribution is 7.99. The molecular weight excluding hydrogens is 294 g/mol. The summed E-state index contributed by atoms with van der Waals surface area (Å²) in [4.78, 5) is 16.5. The number of aromatic nitrogens is 1. The maximum Gasteiger partial charge on any atom is 0.251 e. The molecule has 1 amide bonds. The van der Waals surface area contributed by atoms with Crippen molar-refractivity contribution in [2.75, 3.05) is 5.75 Å². The quantitative estimate of drug-likeness (QED) is 0.865. The molecule has 0 spiro atoms. The SMILES string of the molecule is O=C(NC1CCSc2ccc(F)cc21)c1ccnc(F)c1. The molecule has 3 rings (SSSR count). The van der Waals surface area contributed by atoms with E-state index in [4.69, 9.17) is 0 Å². The van der Waals surface area contributed by atoms with Crippen molar-refractivity contribution < 1.29 is 13.6 Å². The van der Waals surface area contributed by atoms with Crippen molar-refractivity contribution in [2.24, 2.45) is 0 Å². The molecule has 0 fully saturated rings. The minimum atomic E-state index is -0.701. The first-order valence-corrected chi connectivity index (χ1v) is 7.47. The molecule has 3 nitrogen and oxygen atoms in total. The summed E-state index contributed by atoms with van der Waals surface area (Å²) in [5, 5.41) is 2.83. The standard InChI is InChI=1S/C15H12F2N2OS/c16-10-1-2-13-11(8-10)12(4-6-21-13)19-15(20)9-3-5-18-14(17)7-9/h1-3,5,7-8,12H,4,6H2,(H,19,20). The average Bonchev–Trinajstić information content (AvgIpc) is 2.48. The normalized spacial score (nSPS) is 17.1. The van der Waals surface area contributed by atoms with Crippen molar-refractivity contribution >= 4 is 17.7 Å². The van der Waals surface area contributed by atoms with Gasteiger partial charge in [-0.15, -0.1) is 11.8 Å². The zero-order valence-electron chi connectivity index (χ0n) is 11.0. The fourth-order valence-corrected chi connectivity index (χ4v) is 3.41. The Hall–Kier alpha value is -1.95. The third kappa shape index (κ3) is 3.05. The molecule has 0 saturated carbocycles. The van der Waals surface area contributed by atoms with Crippen LogP contribution in [-0.2, 0) is 0 Å². The number of amides is 1. The Morgan fingerprint density at radius 1 is 1.29 bits per heavy atom. The summed E-state index contributed by atoms with van der Waals surface area (Å²) >= 11 is 1.64. The molecule has 0 aliphatic carbocycles. The molecule has 2 heterocycles. The molecular formula is C15H12F2N2OS. The van der Waals surface area contributed by atoms with E-state index < -0.39 is 5.95 Å². The van der Waals surface area contributed by atoms with E-state index in [0.717, 1.165) is 22.3 Å². The topological polar surface area (TPSA) is 42.0 Å². The minimum Gasteiger partial charge on any atom is -0.345 e. The van der Waals surface area contributed by atoms with Gasteiger partial charge in [-0.25, -0.2) is 9.37 Å². The average molecular weight is 306 g/mol. The van der Waals surface area contributed by atoms with Crippen LogP contribution in [0.1, 0.15) is 28.4 Å². The van der Waals surface area contributed by atoms with E-state index in [9.17, 15) is 13.6 Å². The number of hydrogen-bond acceptors (Lipinski definition) is 3. The fraction of sp³-hybridized carbons (Fsp3) is 0.200.